The number of rotatable bonds is 3. The van der Waals surface area contributed by atoms with Crippen LogP contribution in [0.1, 0.15) is 51.4 Å². The first kappa shape index (κ1) is 14.8. The Bertz CT molecular complexity index is 418. The quantitative estimate of drug-likeness (QED) is 0.766. The van der Waals surface area contributed by atoms with Crippen LogP contribution in [0.25, 0.3) is 0 Å². The molecular weight excluding hydrogens is 264 g/mol. The maximum absolute atomic E-state index is 11.9. The van der Waals surface area contributed by atoms with Gasteiger partial charge in [0.1, 0.15) is 11.5 Å². The summed E-state index contributed by atoms with van der Waals surface area (Å²) in [5.41, 5.74) is -1.47. The lowest BCUT2D eigenvalue weighted by molar-refractivity contribution is -0.185. The van der Waals surface area contributed by atoms with Crippen LogP contribution in [0, 0.1) is 11.3 Å². The average Bonchev–Trinajstić information content (AvgIpc) is 2.63. The number of carboxylic acid groups (broad SMARTS) is 2. The van der Waals surface area contributed by atoms with E-state index in [0.29, 0.717) is 38.5 Å². The number of hydrogen-bond acceptors (Lipinski definition) is 4. The Kier molecular flexibility index (Phi) is 4.30. The molecule has 3 atom stereocenters. The van der Waals surface area contributed by atoms with E-state index < -0.39 is 35.3 Å². The Morgan fingerprint density at radius 3 is 2.45 bits per heavy atom. The summed E-state index contributed by atoms with van der Waals surface area (Å²) in [6.07, 6.45) is 3.20. The molecule has 0 aromatic rings. The second-order valence-corrected chi connectivity index (χ2v) is 5.71. The van der Waals surface area contributed by atoms with E-state index in [0.717, 1.165) is 0 Å². The van der Waals surface area contributed by atoms with Crippen LogP contribution in [0.4, 0.5) is 0 Å². The van der Waals surface area contributed by atoms with Crippen LogP contribution in [0.3, 0.4) is 0 Å². The predicted molar refractivity (Wildman–Crippen MR) is 68.0 cm³/mol. The fourth-order valence-electron chi connectivity index (χ4n) is 3.56. The van der Waals surface area contributed by atoms with Gasteiger partial charge in [-0.15, -0.1) is 0 Å². The molecule has 6 nitrogen and oxygen atoms in total. The highest BCUT2D eigenvalue weighted by Crippen LogP contribution is 2.47. The van der Waals surface area contributed by atoms with Crippen molar-refractivity contribution in [2.45, 2.75) is 57.5 Å². The molecule has 0 radical (unpaired) electrons. The van der Waals surface area contributed by atoms with E-state index in [2.05, 4.69) is 0 Å². The molecule has 0 amide bonds. The molecular formula is C14H20O6. The second-order valence-electron chi connectivity index (χ2n) is 5.71. The zero-order valence-electron chi connectivity index (χ0n) is 11.3. The summed E-state index contributed by atoms with van der Waals surface area (Å²) in [4.78, 5) is 35.0. The normalized spacial score (nSPS) is 34.9. The van der Waals surface area contributed by atoms with Gasteiger partial charge in [0.05, 0.1) is 5.92 Å². The van der Waals surface area contributed by atoms with Gasteiger partial charge in [0.25, 0.3) is 0 Å². The molecule has 1 heterocycles. The summed E-state index contributed by atoms with van der Waals surface area (Å²) in [7, 11) is 0. The van der Waals surface area contributed by atoms with E-state index in [4.69, 9.17) is 4.74 Å². The van der Waals surface area contributed by atoms with Gasteiger partial charge < -0.3 is 14.9 Å². The van der Waals surface area contributed by atoms with Crippen LogP contribution in [-0.4, -0.2) is 34.2 Å². The largest absolute Gasteiger partial charge is 0.481 e. The van der Waals surface area contributed by atoms with Crippen molar-refractivity contribution < 1.29 is 29.3 Å². The lowest BCUT2D eigenvalue weighted by atomic mass is 9.62. The van der Waals surface area contributed by atoms with Gasteiger partial charge in [0.2, 0.25) is 0 Å². The van der Waals surface area contributed by atoms with Crippen molar-refractivity contribution in [3.05, 3.63) is 0 Å². The van der Waals surface area contributed by atoms with Crippen molar-refractivity contribution in [2.75, 3.05) is 0 Å². The first-order chi connectivity index (χ1) is 9.48. The lowest BCUT2D eigenvalue weighted by Gasteiger charge is -2.42. The number of hydrogen-bond donors (Lipinski definition) is 2. The van der Waals surface area contributed by atoms with Crippen molar-refractivity contribution in [3.8, 4) is 0 Å². The van der Waals surface area contributed by atoms with E-state index in [1.165, 1.54) is 0 Å². The molecule has 1 saturated heterocycles. The average molecular weight is 284 g/mol. The maximum atomic E-state index is 11.9. The minimum Gasteiger partial charge on any atom is -0.481 e. The SMILES string of the molecule is O=C1CCCCC(C2(C(=O)O)CCCCC2C(=O)O)O1. The topological polar surface area (TPSA) is 101 Å². The standard InChI is InChI=1S/C14H20O6/c15-11-7-2-1-6-10(20-11)14(13(18)19)8-4-3-5-9(14)12(16)17/h9-10H,1-8H2,(H,16,17)(H,18,19). The van der Waals surface area contributed by atoms with Crippen LogP contribution in [-0.2, 0) is 19.1 Å². The number of esters is 1. The van der Waals surface area contributed by atoms with Crippen molar-refractivity contribution >= 4 is 17.9 Å². The summed E-state index contributed by atoms with van der Waals surface area (Å²) in [5.74, 6) is -3.65. The van der Waals surface area contributed by atoms with Gasteiger partial charge in [-0.25, -0.2) is 0 Å². The van der Waals surface area contributed by atoms with Gasteiger partial charge in [-0.05, 0) is 32.1 Å². The van der Waals surface area contributed by atoms with E-state index in [-0.39, 0.29) is 12.8 Å². The summed E-state index contributed by atoms with van der Waals surface area (Å²) in [5, 5.41) is 19.1. The van der Waals surface area contributed by atoms with E-state index in [9.17, 15) is 24.6 Å². The van der Waals surface area contributed by atoms with Crippen molar-refractivity contribution in [2.24, 2.45) is 11.3 Å². The smallest absolute Gasteiger partial charge is 0.314 e. The first-order valence-corrected chi connectivity index (χ1v) is 7.14. The summed E-state index contributed by atoms with van der Waals surface area (Å²) >= 11 is 0. The first-order valence-electron chi connectivity index (χ1n) is 7.14. The van der Waals surface area contributed by atoms with Crippen LogP contribution < -0.4 is 0 Å². The van der Waals surface area contributed by atoms with Crippen LogP contribution in [0.5, 0.6) is 0 Å². The number of cyclic esters (lactones) is 1. The Labute approximate surface area is 117 Å². The summed E-state index contributed by atoms with van der Waals surface area (Å²) in [6.45, 7) is 0. The number of aliphatic carboxylic acids is 2. The second kappa shape index (κ2) is 5.81. The summed E-state index contributed by atoms with van der Waals surface area (Å²) in [6, 6.07) is 0. The molecule has 2 N–H and O–H groups in total. The third kappa shape index (κ3) is 2.51. The zero-order valence-corrected chi connectivity index (χ0v) is 11.3. The molecule has 1 aliphatic heterocycles. The van der Waals surface area contributed by atoms with Gasteiger partial charge in [-0.3, -0.25) is 14.4 Å². The van der Waals surface area contributed by atoms with E-state index in [1.54, 1.807) is 0 Å². The molecule has 2 aliphatic rings. The molecule has 20 heavy (non-hydrogen) atoms. The van der Waals surface area contributed by atoms with Crippen molar-refractivity contribution in [1.82, 2.24) is 0 Å². The number of carboxylic acids is 2. The fraction of sp³-hybridized carbons (Fsp3) is 0.786. The molecule has 0 aromatic heterocycles. The molecule has 3 unspecified atom stereocenters. The van der Waals surface area contributed by atoms with Crippen LogP contribution in [0.15, 0.2) is 0 Å². The van der Waals surface area contributed by atoms with Crippen molar-refractivity contribution in [1.29, 1.82) is 0 Å². The molecule has 1 aliphatic carbocycles. The van der Waals surface area contributed by atoms with Crippen LogP contribution in [0.2, 0.25) is 0 Å². The molecule has 2 fully saturated rings. The number of carbonyl (C=O) groups is 3. The maximum Gasteiger partial charge on any atom is 0.314 e. The van der Waals surface area contributed by atoms with Gasteiger partial charge in [0.15, 0.2) is 0 Å². The molecule has 0 aromatic carbocycles. The predicted octanol–water partition coefficient (Wildman–Crippen LogP) is 1.82. The van der Waals surface area contributed by atoms with Gasteiger partial charge >= 0.3 is 17.9 Å². The highest BCUT2D eigenvalue weighted by molar-refractivity contribution is 5.85. The lowest BCUT2D eigenvalue weighted by Crippen LogP contribution is -2.53. The third-order valence-corrected chi connectivity index (χ3v) is 4.60. The Morgan fingerprint density at radius 2 is 1.80 bits per heavy atom. The van der Waals surface area contributed by atoms with Gasteiger partial charge in [-0.2, -0.15) is 0 Å². The summed E-state index contributed by atoms with van der Waals surface area (Å²) < 4.78 is 5.31. The molecule has 0 bridgehead atoms. The minimum absolute atomic E-state index is 0.261. The Morgan fingerprint density at radius 1 is 1.10 bits per heavy atom. The fourth-order valence-corrected chi connectivity index (χ4v) is 3.56. The molecule has 0 spiro atoms. The van der Waals surface area contributed by atoms with E-state index >= 15 is 0 Å². The highest BCUT2D eigenvalue weighted by Gasteiger charge is 2.57. The monoisotopic (exact) mass is 284 g/mol. The Hall–Kier alpha value is -1.59. The number of ether oxygens (including phenoxy) is 1. The van der Waals surface area contributed by atoms with Crippen molar-refractivity contribution in [3.63, 3.8) is 0 Å². The molecule has 1 saturated carbocycles. The Balaban J connectivity index is 2.38. The molecule has 6 heteroatoms. The zero-order chi connectivity index (χ0) is 14.8. The molecule has 2 rings (SSSR count). The third-order valence-electron chi connectivity index (χ3n) is 4.60. The van der Waals surface area contributed by atoms with Gasteiger partial charge in [-0.1, -0.05) is 12.8 Å². The molecule has 112 valence electrons. The van der Waals surface area contributed by atoms with E-state index in [1.807, 2.05) is 0 Å². The van der Waals surface area contributed by atoms with Gasteiger partial charge in [0, 0.05) is 6.42 Å². The minimum atomic E-state index is -1.47. The van der Waals surface area contributed by atoms with Crippen LogP contribution >= 0.6 is 0 Å². The highest BCUT2D eigenvalue weighted by atomic mass is 16.5. The number of carbonyl (C=O) groups excluding carboxylic acids is 1.